The molecule has 0 unspecified atom stereocenters. The van der Waals surface area contributed by atoms with Crippen LogP contribution in [0.25, 0.3) is 5.57 Å². The normalized spacial score (nSPS) is 23.5. The van der Waals surface area contributed by atoms with Crippen LogP contribution in [0, 0.1) is 5.92 Å². The summed E-state index contributed by atoms with van der Waals surface area (Å²) < 4.78 is 0. The number of para-hydroxylation sites is 1. The molecule has 0 saturated carbocycles. The van der Waals surface area contributed by atoms with Gasteiger partial charge in [-0.2, -0.15) is 4.99 Å². The van der Waals surface area contributed by atoms with Crippen LogP contribution in [-0.2, 0) is 9.59 Å². The fourth-order valence-corrected chi connectivity index (χ4v) is 4.65. The molecule has 4 rings (SSSR count). The first-order valence-electron chi connectivity index (χ1n) is 8.92. The molecule has 1 fully saturated rings. The Morgan fingerprint density at radius 2 is 2.00 bits per heavy atom. The second-order valence-electron chi connectivity index (χ2n) is 6.90. The molecule has 1 aromatic rings. The standard InChI is InChI=1S/C20H21N3O2S/c1-3-10-23-15-7-5-4-6-14(15)16(19(23)25)17-18(24)21-20(26-17)22-11-8-13(2)9-12-22/h3-7,13H,1,8-12H2,2H3. The Bertz CT molecular complexity index is 850. The maximum atomic E-state index is 13.0. The fourth-order valence-electron chi connectivity index (χ4n) is 3.60. The molecule has 0 bridgehead atoms. The zero-order valence-corrected chi connectivity index (χ0v) is 15.6. The van der Waals surface area contributed by atoms with Gasteiger partial charge in [-0.25, -0.2) is 0 Å². The van der Waals surface area contributed by atoms with Crippen molar-refractivity contribution in [2.45, 2.75) is 19.8 Å². The molecule has 134 valence electrons. The molecule has 1 aromatic carbocycles. The summed E-state index contributed by atoms with van der Waals surface area (Å²) >= 11 is 1.34. The van der Waals surface area contributed by atoms with Crippen LogP contribution in [0.2, 0.25) is 0 Å². The molecule has 5 nitrogen and oxygen atoms in total. The van der Waals surface area contributed by atoms with Crippen LogP contribution in [0.1, 0.15) is 25.3 Å². The molecule has 0 spiro atoms. The van der Waals surface area contributed by atoms with Gasteiger partial charge in [-0.05, 0) is 36.6 Å². The number of thioether (sulfide) groups is 1. The number of aliphatic imine (C=N–C) groups is 1. The number of carbonyl (C=O) groups is 2. The molecule has 0 atom stereocenters. The van der Waals surface area contributed by atoms with Gasteiger partial charge >= 0.3 is 0 Å². The van der Waals surface area contributed by atoms with E-state index in [1.54, 1.807) is 11.0 Å². The highest BCUT2D eigenvalue weighted by Gasteiger charge is 2.39. The third kappa shape index (κ3) is 2.78. The Morgan fingerprint density at radius 3 is 2.73 bits per heavy atom. The van der Waals surface area contributed by atoms with E-state index >= 15 is 0 Å². The number of hydrogen-bond donors (Lipinski definition) is 0. The van der Waals surface area contributed by atoms with E-state index in [4.69, 9.17) is 0 Å². The van der Waals surface area contributed by atoms with Crippen LogP contribution in [0.5, 0.6) is 0 Å². The van der Waals surface area contributed by atoms with Gasteiger partial charge < -0.3 is 9.80 Å². The quantitative estimate of drug-likeness (QED) is 0.595. The van der Waals surface area contributed by atoms with E-state index < -0.39 is 0 Å². The molecule has 2 amide bonds. The smallest absolute Gasteiger partial charge is 0.287 e. The van der Waals surface area contributed by atoms with Crippen LogP contribution in [-0.4, -0.2) is 41.5 Å². The molecule has 1 saturated heterocycles. The minimum atomic E-state index is -0.303. The Kier molecular flexibility index (Phi) is 4.44. The second kappa shape index (κ2) is 6.76. The highest BCUT2D eigenvalue weighted by atomic mass is 32.2. The van der Waals surface area contributed by atoms with Gasteiger partial charge in [-0.15, -0.1) is 6.58 Å². The van der Waals surface area contributed by atoms with E-state index in [9.17, 15) is 9.59 Å². The lowest BCUT2D eigenvalue weighted by Crippen LogP contribution is -2.35. The van der Waals surface area contributed by atoms with E-state index in [0.717, 1.165) is 42.3 Å². The summed E-state index contributed by atoms with van der Waals surface area (Å²) in [6, 6.07) is 7.59. The number of fused-ring (bicyclic) bond motifs is 1. The summed E-state index contributed by atoms with van der Waals surface area (Å²) in [4.78, 5) is 34.2. The van der Waals surface area contributed by atoms with Crippen molar-refractivity contribution < 1.29 is 9.59 Å². The van der Waals surface area contributed by atoms with Crippen molar-refractivity contribution in [2.24, 2.45) is 10.9 Å². The van der Waals surface area contributed by atoms with E-state index in [1.807, 2.05) is 24.3 Å². The predicted octanol–water partition coefficient (Wildman–Crippen LogP) is 3.29. The third-order valence-corrected chi connectivity index (χ3v) is 6.22. The average molecular weight is 367 g/mol. The second-order valence-corrected chi connectivity index (χ2v) is 7.87. The van der Waals surface area contributed by atoms with Crippen LogP contribution < -0.4 is 4.90 Å². The van der Waals surface area contributed by atoms with Crippen molar-refractivity contribution in [3.8, 4) is 0 Å². The maximum Gasteiger partial charge on any atom is 0.287 e. The summed E-state index contributed by atoms with van der Waals surface area (Å²) in [7, 11) is 0. The lowest BCUT2D eigenvalue weighted by Gasteiger charge is -2.30. The van der Waals surface area contributed by atoms with Crippen LogP contribution in [0.4, 0.5) is 5.69 Å². The summed E-state index contributed by atoms with van der Waals surface area (Å²) in [6.07, 6.45) is 3.91. The van der Waals surface area contributed by atoms with Gasteiger partial charge in [0.2, 0.25) is 0 Å². The lowest BCUT2D eigenvalue weighted by atomic mass is 10.00. The number of likely N-dealkylation sites (tertiary alicyclic amines) is 1. The van der Waals surface area contributed by atoms with E-state index in [0.29, 0.717) is 22.9 Å². The van der Waals surface area contributed by atoms with Gasteiger partial charge in [0.25, 0.3) is 11.8 Å². The summed E-state index contributed by atoms with van der Waals surface area (Å²) in [5.41, 5.74) is 2.11. The first-order valence-corrected chi connectivity index (χ1v) is 9.74. The molecule has 0 radical (unpaired) electrons. The number of benzene rings is 1. The van der Waals surface area contributed by atoms with Crippen molar-refractivity contribution in [1.29, 1.82) is 0 Å². The van der Waals surface area contributed by atoms with E-state index in [1.165, 1.54) is 11.8 Å². The molecule has 3 aliphatic rings. The molecular weight excluding hydrogens is 346 g/mol. The molecule has 3 aliphatic heterocycles. The SMILES string of the molecule is C=CCN1C(=O)C(=C2SC(N3CCC(C)CC3)=NC2=O)c2ccccc21. The van der Waals surface area contributed by atoms with Crippen LogP contribution >= 0.6 is 11.8 Å². The number of amidine groups is 1. The van der Waals surface area contributed by atoms with Crippen LogP contribution in [0.3, 0.4) is 0 Å². The highest BCUT2D eigenvalue weighted by molar-refractivity contribution is 8.18. The fraction of sp³-hybridized carbons (Fsp3) is 0.350. The third-order valence-electron chi connectivity index (χ3n) is 5.10. The zero-order valence-electron chi connectivity index (χ0n) is 14.8. The number of nitrogens with zero attached hydrogens (tertiary/aromatic N) is 3. The number of rotatable bonds is 2. The zero-order chi connectivity index (χ0) is 18.3. The van der Waals surface area contributed by atoms with Gasteiger partial charge in [0.15, 0.2) is 5.17 Å². The van der Waals surface area contributed by atoms with Gasteiger partial charge in [0.1, 0.15) is 0 Å². The topological polar surface area (TPSA) is 53.0 Å². The van der Waals surface area contributed by atoms with Crippen molar-refractivity contribution >= 4 is 40.0 Å². The lowest BCUT2D eigenvalue weighted by molar-refractivity contribution is -0.115. The molecule has 0 aromatic heterocycles. The van der Waals surface area contributed by atoms with Gasteiger partial charge in [0, 0.05) is 25.2 Å². The molecule has 0 aliphatic carbocycles. The number of hydrogen-bond acceptors (Lipinski definition) is 4. The Hall–Kier alpha value is -2.34. The molecule has 6 heteroatoms. The first kappa shape index (κ1) is 17.1. The first-order chi connectivity index (χ1) is 12.6. The van der Waals surface area contributed by atoms with E-state index in [2.05, 4.69) is 23.4 Å². The van der Waals surface area contributed by atoms with Crippen molar-refractivity contribution in [3.63, 3.8) is 0 Å². The van der Waals surface area contributed by atoms with Gasteiger partial charge in [-0.1, -0.05) is 31.2 Å². The molecular formula is C20H21N3O2S. The maximum absolute atomic E-state index is 13.0. The molecule has 0 N–H and O–H groups in total. The number of anilines is 1. The van der Waals surface area contributed by atoms with Gasteiger partial charge in [0.05, 0.1) is 16.2 Å². The van der Waals surface area contributed by atoms with Crippen molar-refractivity contribution in [1.82, 2.24) is 4.90 Å². The summed E-state index contributed by atoms with van der Waals surface area (Å²) in [5.74, 6) is 0.260. The summed E-state index contributed by atoms with van der Waals surface area (Å²) in [5, 5.41) is 0.733. The average Bonchev–Trinajstić information content (AvgIpc) is 3.14. The minimum absolute atomic E-state index is 0.148. The number of piperidine rings is 1. The molecule has 26 heavy (non-hydrogen) atoms. The van der Waals surface area contributed by atoms with Gasteiger partial charge in [-0.3, -0.25) is 9.59 Å². The Morgan fingerprint density at radius 1 is 1.27 bits per heavy atom. The van der Waals surface area contributed by atoms with Crippen LogP contribution in [0.15, 0.2) is 46.8 Å². The predicted molar refractivity (Wildman–Crippen MR) is 106 cm³/mol. The Labute approximate surface area is 157 Å². The molecule has 3 heterocycles. The minimum Gasteiger partial charge on any atom is -0.351 e. The number of amides is 2. The monoisotopic (exact) mass is 367 g/mol. The van der Waals surface area contributed by atoms with E-state index in [-0.39, 0.29) is 11.8 Å². The summed E-state index contributed by atoms with van der Waals surface area (Å²) in [6.45, 7) is 8.23. The van der Waals surface area contributed by atoms with Crippen molar-refractivity contribution in [3.05, 3.63) is 47.4 Å². The van der Waals surface area contributed by atoms with Crippen molar-refractivity contribution in [2.75, 3.05) is 24.5 Å². The number of carbonyl (C=O) groups excluding carboxylic acids is 2. The highest BCUT2D eigenvalue weighted by Crippen LogP contribution is 2.43. The Balaban J connectivity index is 1.68. The largest absolute Gasteiger partial charge is 0.351 e.